The van der Waals surface area contributed by atoms with Gasteiger partial charge < -0.3 is 10.6 Å². The number of carbonyl (C=O) groups excluding carboxylic acids is 1. The van der Waals surface area contributed by atoms with Crippen molar-refractivity contribution in [2.45, 2.75) is 19.3 Å². The van der Waals surface area contributed by atoms with Crippen LogP contribution in [0.15, 0.2) is 18.2 Å². The van der Waals surface area contributed by atoms with Crippen molar-refractivity contribution in [1.29, 1.82) is 0 Å². The Bertz CT molecular complexity index is 380. The van der Waals surface area contributed by atoms with Crippen LogP contribution in [0.2, 0.25) is 5.02 Å². The summed E-state index contributed by atoms with van der Waals surface area (Å²) in [5.41, 5.74) is 6.80. The number of halogens is 1. The van der Waals surface area contributed by atoms with Crippen molar-refractivity contribution in [3.63, 3.8) is 0 Å². The summed E-state index contributed by atoms with van der Waals surface area (Å²) in [4.78, 5) is 14.0. The first-order chi connectivity index (χ1) is 7.66. The molecule has 0 spiro atoms. The molecule has 0 radical (unpaired) electrons. The molecule has 1 aliphatic rings. The fraction of sp³-hybridized carbons (Fsp3) is 0.417. The lowest BCUT2D eigenvalue weighted by atomic mass is 10.1. The van der Waals surface area contributed by atoms with Crippen LogP contribution in [0.4, 0.5) is 5.69 Å². The van der Waals surface area contributed by atoms with Gasteiger partial charge in [0.2, 0.25) is 0 Å². The first-order valence-corrected chi connectivity index (χ1v) is 5.90. The van der Waals surface area contributed by atoms with Crippen LogP contribution >= 0.6 is 11.6 Å². The Morgan fingerprint density at radius 1 is 1.19 bits per heavy atom. The van der Waals surface area contributed by atoms with Gasteiger partial charge in [-0.2, -0.15) is 0 Å². The zero-order chi connectivity index (χ0) is 11.5. The molecule has 16 heavy (non-hydrogen) atoms. The monoisotopic (exact) mass is 238 g/mol. The lowest BCUT2D eigenvalue weighted by Gasteiger charge is -2.26. The predicted octanol–water partition coefficient (Wildman–Crippen LogP) is 2.55. The van der Waals surface area contributed by atoms with E-state index in [0.29, 0.717) is 16.3 Å². The lowest BCUT2D eigenvalue weighted by molar-refractivity contribution is 0.0724. The molecule has 1 amide bonds. The number of carbonyl (C=O) groups is 1. The topological polar surface area (TPSA) is 46.3 Å². The van der Waals surface area contributed by atoms with Gasteiger partial charge in [0, 0.05) is 29.4 Å². The summed E-state index contributed by atoms with van der Waals surface area (Å²) in [7, 11) is 0. The van der Waals surface area contributed by atoms with E-state index in [1.807, 2.05) is 4.90 Å². The number of likely N-dealkylation sites (tertiary alicyclic amines) is 1. The summed E-state index contributed by atoms with van der Waals surface area (Å²) < 4.78 is 0. The van der Waals surface area contributed by atoms with Gasteiger partial charge in [0.05, 0.1) is 0 Å². The van der Waals surface area contributed by atoms with Crippen molar-refractivity contribution >= 4 is 23.2 Å². The summed E-state index contributed by atoms with van der Waals surface area (Å²) >= 11 is 5.88. The molecule has 0 aliphatic carbocycles. The third-order valence-corrected chi connectivity index (χ3v) is 3.03. The number of nitrogens with zero attached hydrogens (tertiary/aromatic N) is 1. The molecule has 4 heteroatoms. The zero-order valence-corrected chi connectivity index (χ0v) is 9.83. The minimum Gasteiger partial charge on any atom is -0.399 e. The van der Waals surface area contributed by atoms with Gasteiger partial charge in [-0.25, -0.2) is 0 Å². The molecule has 0 aromatic heterocycles. The van der Waals surface area contributed by atoms with E-state index in [1.165, 1.54) is 6.42 Å². The largest absolute Gasteiger partial charge is 0.399 e. The fourth-order valence-electron chi connectivity index (χ4n) is 2.02. The summed E-state index contributed by atoms with van der Waals surface area (Å²) in [6.07, 6.45) is 3.38. The van der Waals surface area contributed by atoms with Crippen molar-refractivity contribution in [3.8, 4) is 0 Å². The molecule has 1 aromatic carbocycles. The summed E-state index contributed by atoms with van der Waals surface area (Å²) in [5.74, 6) is 0.0360. The number of rotatable bonds is 1. The highest BCUT2D eigenvalue weighted by molar-refractivity contribution is 6.31. The third-order valence-electron chi connectivity index (χ3n) is 2.81. The molecule has 3 nitrogen and oxygen atoms in total. The minimum atomic E-state index is 0.0360. The van der Waals surface area contributed by atoms with Crippen molar-refractivity contribution in [2.75, 3.05) is 18.8 Å². The number of anilines is 1. The SMILES string of the molecule is Nc1cc(Cl)cc(C(=O)N2CCCCC2)c1. The molecule has 0 atom stereocenters. The average Bonchev–Trinajstić information content (AvgIpc) is 2.28. The summed E-state index contributed by atoms with van der Waals surface area (Å²) in [5, 5.41) is 0.514. The summed E-state index contributed by atoms with van der Waals surface area (Å²) in [6.45, 7) is 1.68. The molecule has 1 heterocycles. The number of hydrogen-bond donors (Lipinski definition) is 1. The fourth-order valence-corrected chi connectivity index (χ4v) is 2.26. The molecule has 1 fully saturated rings. The van der Waals surface area contributed by atoms with Crippen LogP contribution < -0.4 is 5.73 Å². The van der Waals surface area contributed by atoms with Gasteiger partial charge in [-0.1, -0.05) is 11.6 Å². The van der Waals surface area contributed by atoms with Crippen LogP contribution in [0.1, 0.15) is 29.6 Å². The molecule has 1 aromatic rings. The van der Waals surface area contributed by atoms with E-state index in [4.69, 9.17) is 17.3 Å². The first kappa shape index (κ1) is 11.3. The van der Waals surface area contributed by atoms with Crippen LogP contribution in [0.5, 0.6) is 0 Å². The van der Waals surface area contributed by atoms with E-state index in [-0.39, 0.29) is 5.91 Å². The highest BCUT2D eigenvalue weighted by atomic mass is 35.5. The molecular weight excluding hydrogens is 224 g/mol. The first-order valence-electron chi connectivity index (χ1n) is 5.52. The normalized spacial score (nSPS) is 16.2. The van der Waals surface area contributed by atoms with Crippen molar-refractivity contribution < 1.29 is 4.79 Å². The van der Waals surface area contributed by atoms with Gasteiger partial charge in [-0.05, 0) is 37.5 Å². The molecule has 86 valence electrons. The van der Waals surface area contributed by atoms with E-state index >= 15 is 0 Å². The van der Waals surface area contributed by atoms with Gasteiger partial charge in [0.1, 0.15) is 0 Å². The smallest absolute Gasteiger partial charge is 0.253 e. The number of hydrogen-bond acceptors (Lipinski definition) is 2. The maximum Gasteiger partial charge on any atom is 0.253 e. The lowest BCUT2D eigenvalue weighted by Crippen LogP contribution is -2.35. The zero-order valence-electron chi connectivity index (χ0n) is 9.08. The van der Waals surface area contributed by atoms with E-state index in [9.17, 15) is 4.79 Å². The highest BCUT2D eigenvalue weighted by Crippen LogP contribution is 2.19. The van der Waals surface area contributed by atoms with Gasteiger partial charge in [-0.15, -0.1) is 0 Å². The van der Waals surface area contributed by atoms with E-state index < -0.39 is 0 Å². The summed E-state index contributed by atoms with van der Waals surface area (Å²) in [6, 6.07) is 5.01. The second kappa shape index (κ2) is 4.74. The van der Waals surface area contributed by atoms with Crippen LogP contribution in [-0.4, -0.2) is 23.9 Å². The number of piperidine rings is 1. The van der Waals surface area contributed by atoms with Crippen molar-refractivity contribution in [3.05, 3.63) is 28.8 Å². The number of nitrogen functional groups attached to an aromatic ring is 1. The van der Waals surface area contributed by atoms with Crippen molar-refractivity contribution in [1.82, 2.24) is 4.90 Å². The van der Waals surface area contributed by atoms with Gasteiger partial charge in [0.15, 0.2) is 0 Å². The van der Waals surface area contributed by atoms with Crippen LogP contribution in [-0.2, 0) is 0 Å². The molecule has 0 saturated carbocycles. The van der Waals surface area contributed by atoms with Crippen LogP contribution in [0.3, 0.4) is 0 Å². The number of benzene rings is 1. The Kier molecular flexibility index (Phi) is 3.34. The highest BCUT2D eigenvalue weighted by Gasteiger charge is 2.18. The number of nitrogens with two attached hydrogens (primary N) is 1. The Balaban J connectivity index is 2.19. The third kappa shape index (κ3) is 2.47. The quantitative estimate of drug-likeness (QED) is 0.765. The average molecular weight is 239 g/mol. The molecule has 0 unspecified atom stereocenters. The Morgan fingerprint density at radius 2 is 1.88 bits per heavy atom. The molecule has 1 saturated heterocycles. The van der Waals surface area contributed by atoms with Crippen molar-refractivity contribution in [2.24, 2.45) is 0 Å². The van der Waals surface area contributed by atoms with Crippen LogP contribution in [0, 0.1) is 0 Å². The van der Waals surface area contributed by atoms with E-state index in [0.717, 1.165) is 25.9 Å². The van der Waals surface area contributed by atoms with Gasteiger partial charge >= 0.3 is 0 Å². The Labute approximate surface area is 100 Å². The van der Waals surface area contributed by atoms with E-state index in [1.54, 1.807) is 18.2 Å². The Hall–Kier alpha value is -1.22. The molecule has 2 N–H and O–H groups in total. The molecular formula is C12H15ClN2O. The number of amides is 1. The van der Waals surface area contributed by atoms with E-state index in [2.05, 4.69) is 0 Å². The standard InChI is InChI=1S/C12H15ClN2O/c13-10-6-9(7-11(14)8-10)12(16)15-4-2-1-3-5-15/h6-8H,1-5,14H2. The maximum atomic E-state index is 12.1. The Morgan fingerprint density at radius 3 is 2.50 bits per heavy atom. The molecule has 0 bridgehead atoms. The molecule has 1 aliphatic heterocycles. The van der Waals surface area contributed by atoms with Gasteiger partial charge in [-0.3, -0.25) is 4.79 Å². The van der Waals surface area contributed by atoms with Crippen LogP contribution in [0.25, 0.3) is 0 Å². The second-order valence-corrected chi connectivity index (χ2v) is 4.56. The molecule has 2 rings (SSSR count). The predicted molar refractivity (Wildman–Crippen MR) is 65.6 cm³/mol. The van der Waals surface area contributed by atoms with Gasteiger partial charge in [0.25, 0.3) is 5.91 Å². The maximum absolute atomic E-state index is 12.1. The minimum absolute atomic E-state index is 0.0360. The second-order valence-electron chi connectivity index (χ2n) is 4.13.